The molecule has 0 unspecified atom stereocenters. The first-order valence-corrected chi connectivity index (χ1v) is 7.77. The Hall–Kier alpha value is -4.41. The van der Waals surface area contributed by atoms with Crippen LogP contribution in [0.2, 0.25) is 0 Å². The fourth-order valence-corrected chi connectivity index (χ4v) is 2.64. The molecule has 3 aromatic rings. The molecule has 140 valence electrons. The third kappa shape index (κ3) is 3.44. The number of pyridine rings is 1. The number of nitro groups is 3. The molecule has 0 fully saturated rings. The first-order valence-electron chi connectivity index (χ1n) is 7.77. The van der Waals surface area contributed by atoms with Crippen LogP contribution in [0.3, 0.4) is 0 Å². The minimum Gasteiger partial charge on any atom is -0.283 e. The van der Waals surface area contributed by atoms with E-state index in [1.165, 1.54) is 17.2 Å². The molecule has 1 aromatic heterocycles. The maximum Gasteiger partial charge on any atom is 0.307 e. The summed E-state index contributed by atoms with van der Waals surface area (Å²) in [5, 5.41) is 34.4. The zero-order valence-electron chi connectivity index (χ0n) is 14.0. The van der Waals surface area contributed by atoms with Crippen molar-refractivity contribution in [1.29, 1.82) is 0 Å². The van der Waals surface area contributed by atoms with Crippen LogP contribution in [-0.4, -0.2) is 19.8 Å². The molecule has 11 heteroatoms. The van der Waals surface area contributed by atoms with Crippen LogP contribution in [0.5, 0.6) is 0 Å². The molecule has 2 aromatic carbocycles. The van der Waals surface area contributed by atoms with Gasteiger partial charge in [-0.1, -0.05) is 24.3 Å². The van der Waals surface area contributed by atoms with Gasteiger partial charge in [0.05, 0.1) is 26.9 Å². The van der Waals surface area contributed by atoms with Crippen LogP contribution in [0.1, 0.15) is 0 Å². The number of hydrogen-bond donors (Lipinski definition) is 0. The molecule has 0 bridgehead atoms. The molecule has 1 heterocycles. The van der Waals surface area contributed by atoms with Crippen molar-refractivity contribution in [3.05, 3.63) is 97.2 Å². The quantitative estimate of drug-likeness (QED) is 0.454. The van der Waals surface area contributed by atoms with Gasteiger partial charge in [-0.05, 0) is 24.3 Å². The first kappa shape index (κ1) is 18.4. The average molecular weight is 381 g/mol. The monoisotopic (exact) mass is 381 g/mol. The third-order valence-electron chi connectivity index (χ3n) is 3.78. The fourth-order valence-electron chi connectivity index (χ4n) is 2.64. The van der Waals surface area contributed by atoms with E-state index in [1.54, 1.807) is 42.5 Å². The minimum absolute atomic E-state index is 0.175. The Morgan fingerprint density at radius 1 is 0.750 bits per heavy atom. The second-order valence-corrected chi connectivity index (χ2v) is 5.46. The normalized spacial score (nSPS) is 10.3. The second kappa shape index (κ2) is 7.45. The summed E-state index contributed by atoms with van der Waals surface area (Å²) in [7, 11) is 0. The van der Waals surface area contributed by atoms with Gasteiger partial charge in [0, 0.05) is 11.9 Å². The lowest BCUT2D eigenvalue weighted by Crippen LogP contribution is -2.15. The highest BCUT2D eigenvalue weighted by atomic mass is 16.6. The van der Waals surface area contributed by atoms with Crippen molar-refractivity contribution < 1.29 is 14.8 Å². The van der Waals surface area contributed by atoms with Crippen molar-refractivity contribution in [2.24, 2.45) is 0 Å². The maximum absolute atomic E-state index is 11.7. The maximum atomic E-state index is 11.7. The van der Waals surface area contributed by atoms with Gasteiger partial charge in [0.1, 0.15) is 5.82 Å². The van der Waals surface area contributed by atoms with Crippen molar-refractivity contribution >= 4 is 34.3 Å². The minimum atomic E-state index is -0.919. The summed E-state index contributed by atoms with van der Waals surface area (Å²) in [6.07, 6.45) is 1.42. The zero-order valence-corrected chi connectivity index (χ0v) is 14.0. The number of hydrogen-bond acceptors (Lipinski definition) is 8. The van der Waals surface area contributed by atoms with E-state index in [-0.39, 0.29) is 5.82 Å². The number of benzene rings is 2. The van der Waals surface area contributed by atoms with Gasteiger partial charge in [0.2, 0.25) is 5.69 Å². The topological polar surface area (TPSA) is 146 Å². The van der Waals surface area contributed by atoms with E-state index in [0.717, 1.165) is 0 Å². The third-order valence-corrected chi connectivity index (χ3v) is 3.78. The highest BCUT2D eigenvalue weighted by molar-refractivity contribution is 5.88. The molecule has 0 saturated heterocycles. The summed E-state index contributed by atoms with van der Waals surface area (Å²) < 4.78 is 0. The van der Waals surface area contributed by atoms with E-state index in [1.807, 2.05) is 0 Å². The molecule has 0 aliphatic heterocycles. The van der Waals surface area contributed by atoms with E-state index in [9.17, 15) is 30.3 Å². The summed E-state index contributed by atoms with van der Waals surface area (Å²) in [5.41, 5.74) is -2.38. The summed E-state index contributed by atoms with van der Waals surface area (Å²) in [6.45, 7) is 0. The highest BCUT2D eigenvalue weighted by Crippen LogP contribution is 2.46. The molecule has 0 spiro atoms. The van der Waals surface area contributed by atoms with E-state index >= 15 is 0 Å². The number of anilines is 3. The average Bonchev–Trinajstić information content (AvgIpc) is 2.69. The number of non-ortho nitro benzene ring substituents is 1. The van der Waals surface area contributed by atoms with Crippen molar-refractivity contribution in [2.45, 2.75) is 0 Å². The molecule has 3 rings (SSSR count). The van der Waals surface area contributed by atoms with E-state index in [2.05, 4.69) is 4.98 Å². The van der Waals surface area contributed by atoms with Gasteiger partial charge in [-0.25, -0.2) is 4.98 Å². The van der Waals surface area contributed by atoms with Gasteiger partial charge in [-0.2, -0.15) is 0 Å². The second-order valence-electron chi connectivity index (χ2n) is 5.46. The van der Waals surface area contributed by atoms with Gasteiger partial charge < -0.3 is 0 Å². The Morgan fingerprint density at radius 3 is 1.79 bits per heavy atom. The van der Waals surface area contributed by atoms with Gasteiger partial charge >= 0.3 is 11.4 Å². The summed E-state index contributed by atoms with van der Waals surface area (Å²) in [6, 6.07) is 14.3. The smallest absolute Gasteiger partial charge is 0.283 e. The molecule has 0 amide bonds. The Morgan fingerprint density at radius 2 is 1.32 bits per heavy atom. The Kier molecular flexibility index (Phi) is 4.89. The Balaban J connectivity index is 2.41. The lowest BCUT2D eigenvalue weighted by Gasteiger charge is -2.23. The fraction of sp³-hybridized carbons (Fsp3) is 0. The number of nitro benzene ring substituents is 3. The van der Waals surface area contributed by atoms with Crippen LogP contribution >= 0.6 is 0 Å². The van der Waals surface area contributed by atoms with Crippen molar-refractivity contribution in [1.82, 2.24) is 4.98 Å². The van der Waals surface area contributed by atoms with Crippen LogP contribution in [0.25, 0.3) is 0 Å². The molecule has 0 saturated carbocycles. The molecule has 28 heavy (non-hydrogen) atoms. The predicted octanol–water partition coefficient (Wildman–Crippen LogP) is 4.28. The standard InChI is InChI=1S/C17H11N5O6/c23-20(24)13-10-14(21(25)26)17(15(11-13)22(27)28)19(12-6-2-1-3-7-12)16-8-4-5-9-18-16/h1-11H. The Bertz CT molecular complexity index is 984. The van der Waals surface area contributed by atoms with Crippen molar-refractivity contribution in [3.63, 3.8) is 0 Å². The lowest BCUT2D eigenvalue weighted by molar-refractivity contribution is -0.402. The van der Waals surface area contributed by atoms with E-state index < -0.39 is 37.5 Å². The van der Waals surface area contributed by atoms with Gasteiger partial charge in [0.15, 0.2) is 0 Å². The van der Waals surface area contributed by atoms with E-state index in [0.29, 0.717) is 17.8 Å². The van der Waals surface area contributed by atoms with Crippen LogP contribution < -0.4 is 4.90 Å². The Labute approximate surface area is 156 Å². The van der Waals surface area contributed by atoms with Gasteiger partial charge in [-0.15, -0.1) is 0 Å². The lowest BCUT2D eigenvalue weighted by atomic mass is 10.1. The molecule has 0 aliphatic carbocycles. The van der Waals surface area contributed by atoms with Crippen molar-refractivity contribution in [2.75, 3.05) is 4.90 Å². The summed E-state index contributed by atoms with van der Waals surface area (Å²) >= 11 is 0. The van der Waals surface area contributed by atoms with Crippen LogP contribution in [0, 0.1) is 30.3 Å². The van der Waals surface area contributed by atoms with Crippen LogP contribution in [0.15, 0.2) is 66.9 Å². The largest absolute Gasteiger partial charge is 0.307 e. The number of rotatable bonds is 6. The van der Waals surface area contributed by atoms with Crippen LogP contribution in [0.4, 0.5) is 34.3 Å². The molecule has 0 radical (unpaired) electrons. The first-order chi connectivity index (χ1) is 13.4. The molecule has 0 atom stereocenters. The molecule has 11 nitrogen and oxygen atoms in total. The van der Waals surface area contributed by atoms with E-state index in [4.69, 9.17) is 0 Å². The van der Waals surface area contributed by atoms with Crippen LogP contribution in [-0.2, 0) is 0 Å². The summed E-state index contributed by atoms with van der Waals surface area (Å²) in [4.78, 5) is 37.1. The summed E-state index contributed by atoms with van der Waals surface area (Å²) in [5.74, 6) is 0.175. The zero-order chi connectivity index (χ0) is 20.3. The van der Waals surface area contributed by atoms with Crippen molar-refractivity contribution in [3.8, 4) is 0 Å². The highest BCUT2D eigenvalue weighted by Gasteiger charge is 2.35. The number of nitrogens with zero attached hydrogens (tertiary/aromatic N) is 5. The van der Waals surface area contributed by atoms with Gasteiger partial charge in [-0.3, -0.25) is 35.2 Å². The number of para-hydroxylation sites is 1. The molecule has 0 aliphatic rings. The number of aromatic nitrogens is 1. The molecule has 0 N–H and O–H groups in total. The molecular formula is C17H11N5O6. The predicted molar refractivity (Wildman–Crippen MR) is 98.9 cm³/mol. The molecular weight excluding hydrogens is 370 g/mol. The van der Waals surface area contributed by atoms with Gasteiger partial charge in [0.25, 0.3) is 5.69 Å². The SMILES string of the molecule is O=[N+]([O-])c1cc([N+](=O)[O-])c(N(c2ccccc2)c2ccccn2)c([N+](=O)[O-])c1.